The predicted molar refractivity (Wildman–Crippen MR) is 53.6 cm³/mol. The van der Waals surface area contributed by atoms with E-state index in [1.54, 1.807) is 31.2 Å². The van der Waals surface area contributed by atoms with Crippen molar-refractivity contribution in [1.82, 2.24) is 0 Å². The summed E-state index contributed by atoms with van der Waals surface area (Å²) in [6, 6.07) is 6.87. The Hall–Kier alpha value is -1.84. The van der Waals surface area contributed by atoms with Crippen molar-refractivity contribution in [2.24, 2.45) is 0 Å². The second kappa shape index (κ2) is 4.41. The lowest BCUT2D eigenvalue weighted by Crippen LogP contribution is -1.99. The largest absolute Gasteiger partial charge is 0.496 e. The number of nitrogens with zero attached hydrogens (tertiary/aromatic N) is 1. The molecule has 4 nitrogen and oxygen atoms in total. The molecule has 0 radical (unpaired) electrons. The molecule has 0 aliphatic carbocycles. The van der Waals surface area contributed by atoms with Crippen molar-refractivity contribution >= 4 is 5.70 Å². The van der Waals surface area contributed by atoms with Crippen LogP contribution in [0, 0.1) is 10.1 Å². The van der Waals surface area contributed by atoms with Gasteiger partial charge in [0.05, 0.1) is 17.6 Å². The molecule has 1 aromatic rings. The zero-order chi connectivity index (χ0) is 10.6. The van der Waals surface area contributed by atoms with Crippen molar-refractivity contribution < 1.29 is 9.66 Å². The Kier molecular flexibility index (Phi) is 3.23. The van der Waals surface area contributed by atoms with Gasteiger partial charge in [-0.2, -0.15) is 0 Å². The van der Waals surface area contributed by atoms with Crippen LogP contribution in [0.1, 0.15) is 12.5 Å². The summed E-state index contributed by atoms with van der Waals surface area (Å²) >= 11 is 0. The van der Waals surface area contributed by atoms with E-state index in [4.69, 9.17) is 4.74 Å². The number of nitro groups is 1. The molecule has 0 saturated heterocycles. The Morgan fingerprint density at radius 3 is 2.64 bits per heavy atom. The molecule has 0 spiro atoms. The molecule has 0 atom stereocenters. The van der Waals surface area contributed by atoms with E-state index in [1.165, 1.54) is 13.2 Å². The Bertz CT molecular complexity index is 371. The fourth-order valence-electron chi connectivity index (χ4n) is 1.22. The molecule has 0 unspecified atom stereocenters. The SMILES string of the molecule is C/C=C(\c1ccccc1OC)[N+](=O)[O-]. The highest BCUT2D eigenvalue weighted by molar-refractivity contribution is 5.64. The Balaban J connectivity index is 3.23. The monoisotopic (exact) mass is 193 g/mol. The average Bonchev–Trinajstić information content (AvgIpc) is 2.19. The lowest BCUT2D eigenvalue weighted by Gasteiger charge is -2.04. The van der Waals surface area contributed by atoms with Gasteiger partial charge in [0.1, 0.15) is 5.75 Å². The highest BCUT2D eigenvalue weighted by Gasteiger charge is 2.16. The molecular weight excluding hydrogens is 182 g/mol. The van der Waals surface area contributed by atoms with Crippen molar-refractivity contribution in [3.8, 4) is 5.75 Å². The second-order valence-corrected chi connectivity index (χ2v) is 2.63. The number of ether oxygens (including phenoxy) is 1. The Labute approximate surface area is 82.0 Å². The summed E-state index contributed by atoms with van der Waals surface area (Å²) < 4.78 is 5.03. The summed E-state index contributed by atoms with van der Waals surface area (Å²) in [4.78, 5) is 10.3. The Morgan fingerprint density at radius 1 is 1.50 bits per heavy atom. The molecule has 0 fully saturated rings. The zero-order valence-electron chi connectivity index (χ0n) is 8.06. The van der Waals surface area contributed by atoms with Gasteiger partial charge in [0.15, 0.2) is 0 Å². The third-order valence-electron chi connectivity index (χ3n) is 1.85. The first-order valence-corrected chi connectivity index (χ1v) is 4.14. The molecule has 74 valence electrons. The lowest BCUT2D eigenvalue weighted by molar-refractivity contribution is -0.375. The molecular formula is C10H11NO3. The van der Waals surface area contributed by atoms with Crippen LogP contribution in [0.15, 0.2) is 30.3 Å². The van der Waals surface area contributed by atoms with Crippen molar-refractivity contribution in [1.29, 1.82) is 0 Å². The van der Waals surface area contributed by atoms with Crippen LogP contribution in [0.5, 0.6) is 5.75 Å². The summed E-state index contributed by atoms with van der Waals surface area (Å²) in [7, 11) is 1.49. The predicted octanol–water partition coefficient (Wildman–Crippen LogP) is 2.33. The van der Waals surface area contributed by atoms with Gasteiger partial charge in [-0.25, -0.2) is 0 Å². The van der Waals surface area contributed by atoms with Crippen LogP contribution in [0.3, 0.4) is 0 Å². The van der Waals surface area contributed by atoms with Gasteiger partial charge in [0.25, 0.3) is 5.70 Å². The number of allylic oxidation sites excluding steroid dienone is 1. The highest BCUT2D eigenvalue weighted by atomic mass is 16.6. The van der Waals surface area contributed by atoms with E-state index in [1.807, 2.05) is 0 Å². The minimum Gasteiger partial charge on any atom is -0.496 e. The number of rotatable bonds is 3. The fraction of sp³-hybridized carbons (Fsp3) is 0.200. The average molecular weight is 193 g/mol. The van der Waals surface area contributed by atoms with Gasteiger partial charge in [-0.05, 0) is 25.1 Å². The topological polar surface area (TPSA) is 52.4 Å². The molecule has 1 aromatic carbocycles. The zero-order valence-corrected chi connectivity index (χ0v) is 8.06. The first-order chi connectivity index (χ1) is 6.70. The molecule has 4 heteroatoms. The van der Waals surface area contributed by atoms with Gasteiger partial charge >= 0.3 is 0 Å². The second-order valence-electron chi connectivity index (χ2n) is 2.63. The molecule has 14 heavy (non-hydrogen) atoms. The van der Waals surface area contributed by atoms with E-state index in [2.05, 4.69) is 0 Å². The van der Waals surface area contributed by atoms with E-state index in [9.17, 15) is 10.1 Å². The molecule has 0 N–H and O–H groups in total. The van der Waals surface area contributed by atoms with E-state index < -0.39 is 4.92 Å². The summed E-state index contributed by atoms with van der Waals surface area (Å²) in [5, 5.41) is 10.7. The van der Waals surface area contributed by atoms with Crippen molar-refractivity contribution in [2.75, 3.05) is 7.11 Å². The number of hydrogen-bond acceptors (Lipinski definition) is 3. The van der Waals surface area contributed by atoms with E-state index >= 15 is 0 Å². The summed E-state index contributed by atoms with van der Waals surface area (Å²) in [6.45, 7) is 1.63. The number of methoxy groups -OCH3 is 1. The van der Waals surface area contributed by atoms with Gasteiger partial charge < -0.3 is 4.74 Å². The lowest BCUT2D eigenvalue weighted by atomic mass is 10.1. The molecule has 0 heterocycles. The summed E-state index contributed by atoms with van der Waals surface area (Å²) in [6.07, 6.45) is 1.46. The standard InChI is InChI=1S/C10H11NO3/c1-3-9(11(12)13)8-6-4-5-7-10(8)14-2/h3-7H,1-2H3/b9-3+. The van der Waals surface area contributed by atoms with E-state index in [0.717, 1.165) is 0 Å². The number of benzene rings is 1. The number of para-hydroxylation sites is 1. The van der Waals surface area contributed by atoms with Crippen molar-refractivity contribution in [3.63, 3.8) is 0 Å². The third-order valence-corrected chi connectivity index (χ3v) is 1.85. The van der Waals surface area contributed by atoms with Gasteiger partial charge in [0.2, 0.25) is 0 Å². The smallest absolute Gasteiger partial charge is 0.276 e. The molecule has 0 bridgehead atoms. The third kappa shape index (κ3) is 1.90. The fourth-order valence-corrected chi connectivity index (χ4v) is 1.22. The first kappa shape index (κ1) is 10.2. The van der Waals surface area contributed by atoms with Crippen LogP contribution in [-0.4, -0.2) is 12.0 Å². The van der Waals surface area contributed by atoms with E-state index in [-0.39, 0.29) is 5.70 Å². The molecule has 0 amide bonds. The van der Waals surface area contributed by atoms with Crippen LogP contribution in [-0.2, 0) is 0 Å². The van der Waals surface area contributed by atoms with Crippen LogP contribution in [0.2, 0.25) is 0 Å². The van der Waals surface area contributed by atoms with Gasteiger partial charge in [-0.1, -0.05) is 12.1 Å². The minimum absolute atomic E-state index is 0.0578. The van der Waals surface area contributed by atoms with Crippen LogP contribution in [0.25, 0.3) is 5.70 Å². The van der Waals surface area contributed by atoms with Gasteiger partial charge in [0, 0.05) is 0 Å². The quantitative estimate of drug-likeness (QED) is 0.546. The minimum atomic E-state index is -0.419. The molecule has 1 rings (SSSR count). The van der Waals surface area contributed by atoms with E-state index in [0.29, 0.717) is 11.3 Å². The van der Waals surface area contributed by atoms with Gasteiger partial charge in [-0.3, -0.25) is 10.1 Å². The van der Waals surface area contributed by atoms with Crippen molar-refractivity contribution in [3.05, 3.63) is 46.0 Å². The highest BCUT2D eigenvalue weighted by Crippen LogP contribution is 2.25. The normalized spacial score (nSPS) is 11.1. The maximum atomic E-state index is 10.7. The summed E-state index contributed by atoms with van der Waals surface area (Å²) in [5.74, 6) is 0.511. The summed E-state index contributed by atoms with van der Waals surface area (Å²) in [5.41, 5.74) is 0.560. The Morgan fingerprint density at radius 2 is 2.14 bits per heavy atom. The van der Waals surface area contributed by atoms with Crippen LogP contribution >= 0.6 is 0 Å². The van der Waals surface area contributed by atoms with Gasteiger partial charge in [-0.15, -0.1) is 0 Å². The first-order valence-electron chi connectivity index (χ1n) is 4.14. The molecule has 0 saturated carbocycles. The maximum absolute atomic E-state index is 10.7. The van der Waals surface area contributed by atoms with Crippen LogP contribution in [0.4, 0.5) is 0 Å². The van der Waals surface area contributed by atoms with Crippen LogP contribution < -0.4 is 4.74 Å². The van der Waals surface area contributed by atoms with Crippen molar-refractivity contribution in [2.45, 2.75) is 6.92 Å². The number of hydrogen-bond donors (Lipinski definition) is 0. The molecule has 0 aliphatic heterocycles. The molecule has 0 aliphatic rings. The molecule has 0 aromatic heterocycles. The maximum Gasteiger partial charge on any atom is 0.276 e.